The monoisotopic (exact) mass is 355 g/mol. The Morgan fingerprint density at radius 1 is 1.42 bits per heavy atom. The van der Waals surface area contributed by atoms with Crippen molar-refractivity contribution in [1.82, 2.24) is 10.2 Å². The van der Waals surface area contributed by atoms with E-state index in [1.54, 1.807) is 4.90 Å². The summed E-state index contributed by atoms with van der Waals surface area (Å²) in [6, 6.07) is 3.96. The van der Waals surface area contributed by atoms with Crippen LogP contribution in [-0.2, 0) is 9.59 Å². The molecule has 1 heterocycles. The first-order valence-electron chi connectivity index (χ1n) is 7.48. The molecular weight excluding hydrogens is 338 g/mol. The van der Waals surface area contributed by atoms with Gasteiger partial charge in [-0.15, -0.1) is 0 Å². The first-order valence-corrected chi connectivity index (χ1v) is 7.86. The zero-order chi connectivity index (χ0) is 17.7. The quantitative estimate of drug-likeness (QED) is 0.640. The van der Waals surface area contributed by atoms with Crippen molar-refractivity contribution in [3.8, 4) is 5.75 Å². The van der Waals surface area contributed by atoms with E-state index in [9.17, 15) is 19.7 Å². The van der Waals surface area contributed by atoms with Crippen LogP contribution in [0, 0.1) is 10.1 Å². The zero-order valence-electron chi connectivity index (χ0n) is 13.2. The molecule has 0 unspecified atom stereocenters. The third kappa shape index (κ3) is 4.82. The van der Waals surface area contributed by atoms with Crippen molar-refractivity contribution in [2.75, 3.05) is 19.7 Å². The molecule has 1 fully saturated rings. The van der Waals surface area contributed by atoms with Crippen LogP contribution in [-0.4, -0.2) is 47.4 Å². The summed E-state index contributed by atoms with van der Waals surface area (Å²) in [5, 5.41) is 14.0. The smallest absolute Gasteiger partial charge is 0.312 e. The molecule has 1 N–H and O–H groups in total. The number of likely N-dealkylation sites (tertiary alicyclic amines) is 1. The summed E-state index contributed by atoms with van der Waals surface area (Å²) < 4.78 is 5.24. The Bertz CT molecular complexity index is 644. The minimum Gasteiger partial charge on any atom is -0.477 e. The fourth-order valence-electron chi connectivity index (χ4n) is 2.51. The number of nitro groups is 1. The van der Waals surface area contributed by atoms with Crippen molar-refractivity contribution in [3.63, 3.8) is 0 Å². The Hall–Kier alpha value is -2.35. The predicted molar refractivity (Wildman–Crippen MR) is 87.0 cm³/mol. The summed E-state index contributed by atoms with van der Waals surface area (Å²) in [6.45, 7) is 2.40. The molecule has 0 spiro atoms. The van der Waals surface area contributed by atoms with Crippen LogP contribution >= 0.6 is 11.6 Å². The van der Waals surface area contributed by atoms with Gasteiger partial charge in [0.2, 0.25) is 5.91 Å². The van der Waals surface area contributed by atoms with E-state index in [1.807, 2.05) is 0 Å². The van der Waals surface area contributed by atoms with E-state index in [2.05, 4.69) is 5.32 Å². The molecule has 8 nitrogen and oxygen atoms in total. The van der Waals surface area contributed by atoms with E-state index in [0.717, 1.165) is 0 Å². The Labute approximate surface area is 143 Å². The van der Waals surface area contributed by atoms with Crippen LogP contribution in [0.5, 0.6) is 5.75 Å². The highest BCUT2D eigenvalue weighted by Gasteiger charge is 2.22. The van der Waals surface area contributed by atoms with E-state index >= 15 is 0 Å². The first-order chi connectivity index (χ1) is 11.4. The standard InChI is InChI=1S/C15H18ClN3O5/c1-10(20)18-6-4-12(5-7-18)17-15(21)9-24-14-3-2-11(16)8-13(14)19(22)23/h2-3,8,12H,4-7,9H2,1H3,(H,17,21). The highest BCUT2D eigenvalue weighted by Crippen LogP contribution is 2.29. The van der Waals surface area contributed by atoms with Gasteiger partial charge in [0.15, 0.2) is 12.4 Å². The second-order valence-electron chi connectivity index (χ2n) is 5.51. The molecule has 0 aromatic heterocycles. The second-order valence-corrected chi connectivity index (χ2v) is 5.94. The van der Waals surface area contributed by atoms with Gasteiger partial charge in [0.1, 0.15) is 0 Å². The largest absolute Gasteiger partial charge is 0.477 e. The molecule has 0 bridgehead atoms. The van der Waals surface area contributed by atoms with Gasteiger partial charge < -0.3 is 15.0 Å². The summed E-state index contributed by atoms with van der Waals surface area (Å²) in [7, 11) is 0. The van der Waals surface area contributed by atoms with Gasteiger partial charge in [-0.2, -0.15) is 0 Å². The Balaban J connectivity index is 1.84. The molecule has 0 saturated carbocycles. The number of nitro benzene ring substituents is 1. The number of amides is 2. The number of carbonyl (C=O) groups is 2. The number of benzene rings is 1. The predicted octanol–water partition coefficient (Wildman–Crippen LogP) is 1.75. The zero-order valence-corrected chi connectivity index (χ0v) is 13.9. The molecule has 0 atom stereocenters. The average Bonchev–Trinajstić information content (AvgIpc) is 2.54. The molecule has 24 heavy (non-hydrogen) atoms. The fraction of sp³-hybridized carbons (Fsp3) is 0.467. The topological polar surface area (TPSA) is 102 Å². The molecule has 1 aliphatic heterocycles. The van der Waals surface area contributed by atoms with Crippen molar-refractivity contribution in [2.45, 2.75) is 25.8 Å². The third-order valence-corrected chi connectivity index (χ3v) is 4.02. The number of ether oxygens (including phenoxy) is 1. The minimum absolute atomic E-state index is 0.00838. The molecule has 1 aromatic rings. The molecule has 2 amide bonds. The molecule has 9 heteroatoms. The van der Waals surface area contributed by atoms with Crippen molar-refractivity contribution < 1.29 is 19.2 Å². The van der Waals surface area contributed by atoms with Crippen molar-refractivity contribution in [3.05, 3.63) is 33.3 Å². The van der Waals surface area contributed by atoms with Crippen molar-refractivity contribution in [2.24, 2.45) is 0 Å². The number of rotatable bonds is 5. The normalized spacial score (nSPS) is 15.0. The van der Waals surface area contributed by atoms with E-state index in [4.69, 9.17) is 16.3 Å². The van der Waals surface area contributed by atoms with Crippen molar-refractivity contribution in [1.29, 1.82) is 0 Å². The van der Waals surface area contributed by atoms with Gasteiger partial charge >= 0.3 is 5.69 Å². The van der Waals surface area contributed by atoms with Crippen molar-refractivity contribution >= 4 is 29.1 Å². The number of carbonyl (C=O) groups excluding carboxylic acids is 2. The highest BCUT2D eigenvalue weighted by molar-refractivity contribution is 6.30. The molecule has 1 saturated heterocycles. The summed E-state index contributed by atoms with van der Waals surface area (Å²) in [4.78, 5) is 35.3. The van der Waals surface area contributed by atoms with Gasteiger partial charge in [-0.3, -0.25) is 19.7 Å². The molecule has 1 aliphatic rings. The lowest BCUT2D eigenvalue weighted by molar-refractivity contribution is -0.385. The lowest BCUT2D eigenvalue weighted by Crippen LogP contribution is -2.47. The Morgan fingerprint density at radius 2 is 2.08 bits per heavy atom. The van der Waals surface area contributed by atoms with Crippen LogP contribution in [0.1, 0.15) is 19.8 Å². The Kier molecular flexibility index (Phi) is 5.97. The van der Waals surface area contributed by atoms with Gasteiger partial charge in [0.25, 0.3) is 5.91 Å². The maximum Gasteiger partial charge on any atom is 0.312 e. The van der Waals surface area contributed by atoms with Crippen LogP contribution in [0.3, 0.4) is 0 Å². The SMILES string of the molecule is CC(=O)N1CCC(NC(=O)COc2ccc(Cl)cc2[N+](=O)[O-])CC1. The first kappa shape index (κ1) is 18.0. The summed E-state index contributed by atoms with van der Waals surface area (Å²) in [5.74, 6) is -0.343. The number of nitrogens with zero attached hydrogens (tertiary/aromatic N) is 2. The summed E-state index contributed by atoms with van der Waals surface area (Å²) in [6.07, 6.45) is 1.35. The van der Waals surface area contributed by atoms with E-state index < -0.39 is 4.92 Å². The van der Waals surface area contributed by atoms with Crippen LogP contribution in [0.25, 0.3) is 0 Å². The molecule has 0 radical (unpaired) electrons. The van der Waals surface area contributed by atoms with Gasteiger partial charge in [-0.05, 0) is 25.0 Å². The maximum atomic E-state index is 11.9. The van der Waals surface area contributed by atoms with Crippen LogP contribution in [0.15, 0.2) is 18.2 Å². The van der Waals surface area contributed by atoms with Gasteiger partial charge in [-0.25, -0.2) is 0 Å². The van der Waals surface area contributed by atoms with E-state index in [0.29, 0.717) is 25.9 Å². The molecule has 2 rings (SSSR count). The van der Waals surface area contributed by atoms with Crippen LogP contribution < -0.4 is 10.1 Å². The minimum atomic E-state index is -0.614. The van der Waals surface area contributed by atoms with E-state index in [-0.39, 0.29) is 40.9 Å². The van der Waals surface area contributed by atoms with Gasteiger partial charge in [0, 0.05) is 37.1 Å². The number of halogens is 1. The average molecular weight is 356 g/mol. The van der Waals surface area contributed by atoms with Gasteiger partial charge in [0.05, 0.1) is 4.92 Å². The summed E-state index contributed by atoms with van der Waals surface area (Å²) in [5.41, 5.74) is -0.287. The highest BCUT2D eigenvalue weighted by atomic mass is 35.5. The molecule has 0 aliphatic carbocycles. The third-order valence-electron chi connectivity index (χ3n) is 3.78. The van der Waals surface area contributed by atoms with E-state index in [1.165, 1.54) is 25.1 Å². The number of hydrogen-bond donors (Lipinski definition) is 1. The van der Waals surface area contributed by atoms with Crippen LogP contribution in [0.2, 0.25) is 5.02 Å². The lowest BCUT2D eigenvalue weighted by Gasteiger charge is -2.31. The van der Waals surface area contributed by atoms with Crippen LogP contribution in [0.4, 0.5) is 5.69 Å². The molecule has 130 valence electrons. The maximum absolute atomic E-state index is 11.9. The number of piperidine rings is 1. The Morgan fingerprint density at radius 3 is 2.67 bits per heavy atom. The molecular formula is C15H18ClN3O5. The van der Waals surface area contributed by atoms with Gasteiger partial charge in [-0.1, -0.05) is 11.6 Å². The lowest BCUT2D eigenvalue weighted by atomic mass is 10.1. The number of hydrogen-bond acceptors (Lipinski definition) is 5. The second kappa shape index (κ2) is 7.96. The molecule has 1 aromatic carbocycles. The summed E-state index contributed by atoms with van der Waals surface area (Å²) >= 11 is 5.72. The number of nitrogens with one attached hydrogen (secondary N) is 1. The fourth-order valence-corrected chi connectivity index (χ4v) is 2.67.